The summed E-state index contributed by atoms with van der Waals surface area (Å²) >= 11 is 5.10. The molecule has 44 heavy (non-hydrogen) atoms. The van der Waals surface area contributed by atoms with Crippen molar-refractivity contribution in [3.05, 3.63) is 41.4 Å². The number of aromatic nitrogens is 8. The third-order valence-corrected chi connectivity index (χ3v) is 9.78. The number of halogens is 2. The molecular weight excluding hydrogens is 655 g/mol. The number of rotatable bonds is 2. The number of fused-ring (bicyclic) bond motifs is 5. The molecule has 7 rings (SSSR count). The Morgan fingerprint density at radius 2 is 1.82 bits per heavy atom. The van der Waals surface area contributed by atoms with Gasteiger partial charge in [-0.2, -0.15) is 13.1 Å². The lowest BCUT2D eigenvalue weighted by atomic mass is 10.1. The number of aryl methyl sites for hydroxylation is 1. The van der Waals surface area contributed by atoms with E-state index >= 15 is 8.78 Å². The summed E-state index contributed by atoms with van der Waals surface area (Å²) in [6.45, 7) is -4.19. The van der Waals surface area contributed by atoms with Crippen LogP contribution >= 0.6 is 6.72 Å². The van der Waals surface area contributed by atoms with Crippen LogP contribution in [0.2, 0.25) is 0 Å². The van der Waals surface area contributed by atoms with Gasteiger partial charge in [-0.1, -0.05) is 0 Å². The molecule has 3 saturated heterocycles. The van der Waals surface area contributed by atoms with E-state index in [1.165, 1.54) is 30.3 Å². The molecule has 4 aromatic heterocycles. The minimum atomic E-state index is -4.78. The topological polar surface area (TPSA) is 220 Å². The molecule has 0 aromatic carbocycles. The Morgan fingerprint density at radius 1 is 1.07 bits per heavy atom. The van der Waals surface area contributed by atoms with Crippen LogP contribution in [0.25, 0.3) is 22.3 Å². The maximum absolute atomic E-state index is 15.9. The van der Waals surface area contributed by atoms with Crippen molar-refractivity contribution in [2.75, 3.05) is 13.2 Å². The second kappa shape index (κ2) is 10.9. The van der Waals surface area contributed by atoms with Crippen molar-refractivity contribution in [1.82, 2.24) is 43.8 Å². The Bertz CT molecular complexity index is 1960. The minimum Gasteiger partial charge on any atom is -0.347 e. The number of hydrogen-bond donors (Lipinski definition) is 3. The Morgan fingerprint density at radius 3 is 2.64 bits per heavy atom. The summed E-state index contributed by atoms with van der Waals surface area (Å²) in [6.07, 6.45) is -8.55. The summed E-state index contributed by atoms with van der Waals surface area (Å²) in [5, 5.41) is 0. The van der Waals surface area contributed by atoms with E-state index in [0.29, 0.717) is 5.52 Å². The molecular formula is C21H22F2N9O9PS2. The van der Waals surface area contributed by atoms with E-state index in [1.807, 2.05) is 0 Å². The maximum atomic E-state index is 15.9. The summed E-state index contributed by atoms with van der Waals surface area (Å²) in [6, 6.07) is 0. The number of nitrogens with one attached hydrogen (secondary N) is 2. The zero-order valence-electron chi connectivity index (χ0n) is 22.2. The highest BCUT2D eigenvalue weighted by Gasteiger charge is 2.53. The molecule has 23 heteroatoms. The van der Waals surface area contributed by atoms with E-state index in [2.05, 4.69) is 34.6 Å². The summed E-state index contributed by atoms with van der Waals surface area (Å²) in [5.74, 6) is 0.206. The van der Waals surface area contributed by atoms with Gasteiger partial charge < -0.3 is 23.9 Å². The van der Waals surface area contributed by atoms with Crippen LogP contribution in [0, 0.1) is 6.92 Å². The van der Waals surface area contributed by atoms with Crippen molar-refractivity contribution in [1.29, 1.82) is 0 Å². The maximum Gasteiger partial charge on any atom is 0.336 e. The van der Waals surface area contributed by atoms with Gasteiger partial charge in [0.05, 0.1) is 25.5 Å². The molecule has 0 amide bonds. The van der Waals surface area contributed by atoms with Crippen molar-refractivity contribution < 1.29 is 44.8 Å². The summed E-state index contributed by atoms with van der Waals surface area (Å²) in [4.78, 5) is 45.9. The van der Waals surface area contributed by atoms with Crippen LogP contribution < -0.4 is 10.3 Å². The lowest BCUT2D eigenvalue weighted by Gasteiger charge is -2.26. The Hall–Kier alpha value is -2.92. The second-order valence-corrected chi connectivity index (χ2v) is 14.3. The number of hydrogen-bond acceptors (Lipinski definition) is 14. The normalized spacial score (nSPS) is 36.1. The van der Waals surface area contributed by atoms with Crippen molar-refractivity contribution in [3.8, 4) is 0 Å². The van der Waals surface area contributed by atoms with Gasteiger partial charge in [0.25, 0.3) is 5.56 Å². The summed E-state index contributed by atoms with van der Waals surface area (Å²) < 4.78 is 90.0. The molecule has 2 bridgehead atoms. The molecule has 4 aromatic rings. The van der Waals surface area contributed by atoms with Gasteiger partial charge in [-0.05, 0) is 18.7 Å². The van der Waals surface area contributed by atoms with Crippen LogP contribution in [-0.4, -0.2) is 102 Å². The van der Waals surface area contributed by atoms with Gasteiger partial charge in [0, 0.05) is 6.54 Å². The lowest BCUT2D eigenvalue weighted by Crippen LogP contribution is -2.43. The van der Waals surface area contributed by atoms with Crippen LogP contribution in [0.15, 0.2) is 30.0 Å². The number of nitrogens with zero attached hydrogens (tertiary/aromatic N) is 7. The van der Waals surface area contributed by atoms with Crippen LogP contribution in [0.5, 0.6) is 0 Å². The van der Waals surface area contributed by atoms with Crippen molar-refractivity contribution >= 4 is 51.2 Å². The highest BCUT2D eigenvalue weighted by Crippen LogP contribution is 2.50. The Labute approximate surface area is 250 Å². The van der Waals surface area contributed by atoms with Crippen molar-refractivity contribution in [3.63, 3.8) is 0 Å². The van der Waals surface area contributed by atoms with Gasteiger partial charge in [0.1, 0.15) is 36.0 Å². The fourth-order valence-electron chi connectivity index (χ4n) is 5.27. The molecule has 236 valence electrons. The number of alkyl halides is 2. The zero-order valence-corrected chi connectivity index (χ0v) is 24.7. The monoisotopic (exact) mass is 677 g/mol. The predicted molar refractivity (Wildman–Crippen MR) is 145 cm³/mol. The molecule has 18 nitrogen and oxygen atoms in total. The minimum absolute atomic E-state index is 0.0276. The molecule has 0 spiro atoms. The third-order valence-electron chi connectivity index (χ3n) is 7.22. The SMILES string of the molecule is Cc1nc2c(ncn2[C@@H]2O[C@@H]3COP(O)(=S)O[C@H]4[C@@H](F)[C@H](n5cnc6cncnc65)O[C@@H]4CNS(=O)(=O)O[C@@H]2[C@@H]3F)c(=O)[nH]1. The van der Waals surface area contributed by atoms with Gasteiger partial charge in [-0.25, -0.2) is 37.9 Å². The number of aromatic amines is 1. The molecule has 0 aliphatic carbocycles. The smallest absolute Gasteiger partial charge is 0.336 e. The van der Waals surface area contributed by atoms with Crippen molar-refractivity contribution in [2.45, 2.75) is 56.1 Å². The van der Waals surface area contributed by atoms with E-state index in [1.54, 1.807) is 0 Å². The molecule has 3 aliphatic rings. The van der Waals surface area contributed by atoms with Crippen LogP contribution in [0.4, 0.5) is 8.78 Å². The first-order chi connectivity index (χ1) is 20.9. The van der Waals surface area contributed by atoms with E-state index < -0.39 is 84.9 Å². The fraction of sp³-hybridized carbons (Fsp3) is 0.524. The van der Waals surface area contributed by atoms with Gasteiger partial charge in [-0.15, -0.1) is 0 Å². The van der Waals surface area contributed by atoms with Crippen LogP contribution in [0.3, 0.4) is 0 Å². The molecule has 9 atom stereocenters. The van der Waals surface area contributed by atoms with E-state index in [9.17, 15) is 18.1 Å². The summed E-state index contributed by atoms with van der Waals surface area (Å²) in [7, 11) is -4.78. The van der Waals surface area contributed by atoms with Gasteiger partial charge >= 0.3 is 17.0 Å². The fourth-order valence-corrected chi connectivity index (χ4v) is 7.64. The largest absolute Gasteiger partial charge is 0.347 e. The summed E-state index contributed by atoms with van der Waals surface area (Å²) in [5.41, 5.74) is -0.167. The van der Waals surface area contributed by atoms with Gasteiger partial charge in [0.15, 0.2) is 47.7 Å². The molecule has 3 aliphatic heterocycles. The molecule has 3 fully saturated rings. The molecule has 0 radical (unpaired) electrons. The van der Waals surface area contributed by atoms with Crippen LogP contribution in [-0.2, 0) is 44.8 Å². The highest BCUT2D eigenvalue weighted by atomic mass is 32.5. The van der Waals surface area contributed by atoms with Crippen molar-refractivity contribution in [2.24, 2.45) is 0 Å². The first-order valence-electron chi connectivity index (χ1n) is 12.9. The van der Waals surface area contributed by atoms with E-state index in [4.69, 9.17) is 34.5 Å². The lowest BCUT2D eigenvalue weighted by molar-refractivity contribution is -0.0472. The number of ether oxygens (including phenoxy) is 2. The standard InChI is InChI=1S/C21H22F2N9O9PS2/c1-8-29-18-14(19(33)30-8)27-7-32(18)21-16-12(22)11(39-21)4-37-42(34,43)40-15-10(3-28-44(35,36)41-16)38-20(13(15)23)31-6-26-9-2-24-5-25-17(9)31/h2,5-7,10-13,15-16,20-21,28H,3-4H2,1H3,(H,34,43)(H,29,30,33)/t10-,11-,12-,13-,15-,16-,20-,21-,42?/m1/s1. The average Bonchev–Trinajstić information content (AvgIpc) is 3.72. The number of H-pyrrole nitrogens is 1. The molecule has 3 N–H and O–H groups in total. The zero-order chi connectivity index (χ0) is 31.0. The quantitative estimate of drug-likeness (QED) is 0.230. The predicted octanol–water partition coefficient (Wildman–Crippen LogP) is -0.409. The van der Waals surface area contributed by atoms with Crippen LogP contribution in [0.1, 0.15) is 18.3 Å². The third kappa shape index (κ3) is 5.23. The Balaban J connectivity index is 1.21. The van der Waals surface area contributed by atoms with E-state index in [0.717, 1.165) is 10.9 Å². The first kappa shape index (κ1) is 29.8. The van der Waals surface area contributed by atoms with Gasteiger partial charge in [-0.3, -0.25) is 18.5 Å². The average molecular weight is 678 g/mol. The molecule has 7 heterocycles. The Kier molecular flexibility index (Phi) is 7.35. The number of imidazole rings is 2. The first-order valence-corrected chi connectivity index (χ1v) is 16.9. The molecule has 0 saturated carbocycles. The highest BCUT2D eigenvalue weighted by molar-refractivity contribution is 8.07. The van der Waals surface area contributed by atoms with E-state index in [-0.39, 0.29) is 22.6 Å². The van der Waals surface area contributed by atoms with Gasteiger partial charge in [0.2, 0.25) is 0 Å². The molecule has 1 unspecified atom stereocenters. The second-order valence-electron chi connectivity index (χ2n) is 10.1.